The van der Waals surface area contributed by atoms with Gasteiger partial charge in [0.2, 0.25) is 11.8 Å². The molecule has 1 aromatic carbocycles. The van der Waals surface area contributed by atoms with E-state index in [1.54, 1.807) is 12.1 Å². The molecule has 1 aliphatic rings. The molecule has 136 valence electrons. The second-order valence-electron chi connectivity index (χ2n) is 6.13. The van der Waals surface area contributed by atoms with Crippen LogP contribution in [0, 0.1) is 0 Å². The Kier molecular flexibility index (Phi) is 5.13. The van der Waals surface area contributed by atoms with Crippen molar-refractivity contribution >= 4 is 11.6 Å². The van der Waals surface area contributed by atoms with Crippen LogP contribution in [0.4, 0.5) is 8.78 Å². The number of methoxy groups -OCH3 is 2. The minimum atomic E-state index is -2.58. The van der Waals surface area contributed by atoms with Crippen LogP contribution in [0.2, 0.25) is 5.02 Å². The molecule has 0 saturated heterocycles. The predicted molar refractivity (Wildman–Crippen MR) is 87.8 cm³/mol. The maximum Gasteiger partial charge on any atom is 0.248 e. The monoisotopic (exact) mass is 372 g/mol. The molecule has 1 fully saturated rings. The first-order valence-corrected chi connectivity index (χ1v) is 8.41. The lowest BCUT2D eigenvalue weighted by Gasteiger charge is -2.25. The molecule has 1 heterocycles. The van der Waals surface area contributed by atoms with E-state index >= 15 is 0 Å². The Balaban J connectivity index is 1.74. The molecular weight excluding hydrogens is 354 g/mol. The minimum absolute atomic E-state index is 0.109. The Bertz CT molecular complexity index is 741. The van der Waals surface area contributed by atoms with Gasteiger partial charge < -0.3 is 14.0 Å². The van der Waals surface area contributed by atoms with Crippen molar-refractivity contribution in [3.8, 4) is 11.5 Å². The van der Waals surface area contributed by atoms with Crippen molar-refractivity contribution in [3.63, 3.8) is 0 Å². The SMILES string of the molecule is COc1ccc(Cc2noc(C3CCC(F)(F)CC3)n2)c(Cl)c1OC. The van der Waals surface area contributed by atoms with Gasteiger partial charge in [0.05, 0.1) is 19.2 Å². The molecule has 3 rings (SSSR count). The number of nitrogens with zero attached hydrogens (tertiary/aromatic N) is 2. The summed E-state index contributed by atoms with van der Waals surface area (Å²) in [5, 5.41) is 4.38. The summed E-state index contributed by atoms with van der Waals surface area (Å²) in [6.07, 6.45) is 0.775. The quantitative estimate of drug-likeness (QED) is 0.766. The van der Waals surface area contributed by atoms with E-state index in [0.29, 0.717) is 47.5 Å². The van der Waals surface area contributed by atoms with Crippen molar-refractivity contribution in [2.45, 2.75) is 43.9 Å². The second-order valence-corrected chi connectivity index (χ2v) is 6.51. The van der Waals surface area contributed by atoms with Crippen molar-refractivity contribution < 1.29 is 22.8 Å². The highest BCUT2D eigenvalue weighted by Crippen LogP contribution is 2.41. The van der Waals surface area contributed by atoms with Crippen LogP contribution in [0.25, 0.3) is 0 Å². The molecule has 1 saturated carbocycles. The third-order valence-corrected chi connectivity index (χ3v) is 4.88. The topological polar surface area (TPSA) is 57.4 Å². The van der Waals surface area contributed by atoms with Gasteiger partial charge in [-0.15, -0.1) is 0 Å². The van der Waals surface area contributed by atoms with Gasteiger partial charge >= 0.3 is 0 Å². The van der Waals surface area contributed by atoms with Crippen molar-refractivity contribution in [2.24, 2.45) is 0 Å². The first kappa shape index (κ1) is 17.9. The summed E-state index contributed by atoms with van der Waals surface area (Å²) in [5.74, 6) is -0.828. The van der Waals surface area contributed by atoms with Gasteiger partial charge in [0, 0.05) is 25.2 Å². The van der Waals surface area contributed by atoms with Crippen molar-refractivity contribution in [1.82, 2.24) is 10.1 Å². The van der Waals surface area contributed by atoms with E-state index in [1.165, 1.54) is 14.2 Å². The fraction of sp³-hybridized carbons (Fsp3) is 0.529. The number of hydrogen-bond donors (Lipinski definition) is 0. The second kappa shape index (κ2) is 7.15. The van der Waals surface area contributed by atoms with Gasteiger partial charge in [-0.1, -0.05) is 22.8 Å². The normalized spacial score (nSPS) is 17.5. The highest BCUT2D eigenvalue weighted by Gasteiger charge is 2.37. The molecule has 5 nitrogen and oxygen atoms in total. The van der Waals surface area contributed by atoms with Gasteiger partial charge in [-0.2, -0.15) is 4.98 Å². The third kappa shape index (κ3) is 3.86. The van der Waals surface area contributed by atoms with Gasteiger partial charge in [0.1, 0.15) is 0 Å². The Morgan fingerprint density at radius 3 is 2.60 bits per heavy atom. The number of alkyl halides is 2. The van der Waals surface area contributed by atoms with Crippen LogP contribution in [-0.4, -0.2) is 30.3 Å². The maximum absolute atomic E-state index is 13.3. The summed E-state index contributed by atoms with van der Waals surface area (Å²) < 4.78 is 42.3. The number of rotatable bonds is 5. The lowest BCUT2D eigenvalue weighted by atomic mass is 9.87. The fourth-order valence-electron chi connectivity index (χ4n) is 3.03. The average molecular weight is 373 g/mol. The molecule has 0 radical (unpaired) electrons. The Morgan fingerprint density at radius 1 is 1.24 bits per heavy atom. The minimum Gasteiger partial charge on any atom is -0.493 e. The number of benzene rings is 1. The van der Waals surface area contributed by atoms with Crippen molar-refractivity contribution in [1.29, 1.82) is 0 Å². The Hall–Kier alpha value is -1.89. The molecule has 1 aromatic heterocycles. The standard InChI is InChI=1S/C17H19ClF2N2O3/c1-23-12-4-3-11(14(18)15(12)24-2)9-13-21-16(25-22-13)10-5-7-17(19,20)8-6-10/h3-4,10H,5-9H2,1-2H3. The molecule has 8 heteroatoms. The van der Waals surface area contributed by atoms with Crippen LogP contribution in [0.15, 0.2) is 16.7 Å². The highest BCUT2D eigenvalue weighted by molar-refractivity contribution is 6.33. The summed E-state index contributed by atoms with van der Waals surface area (Å²) in [7, 11) is 3.05. The van der Waals surface area contributed by atoms with Crippen LogP contribution in [0.5, 0.6) is 11.5 Å². The maximum atomic E-state index is 13.3. The van der Waals surface area contributed by atoms with E-state index in [4.69, 9.17) is 25.6 Å². The zero-order chi connectivity index (χ0) is 18.0. The van der Waals surface area contributed by atoms with Crippen LogP contribution in [-0.2, 0) is 6.42 Å². The van der Waals surface area contributed by atoms with Gasteiger partial charge in [-0.3, -0.25) is 0 Å². The number of halogens is 3. The first-order chi connectivity index (χ1) is 11.9. The van der Waals surface area contributed by atoms with E-state index in [-0.39, 0.29) is 18.8 Å². The van der Waals surface area contributed by atoms with E-state index in [9.17, 15) is 8.78 Å². The fourth-order valence-corrected chi connectivity index (χ4v) is 3.33. The third-order valence-electron chi connectivity index (χ3n) is 4.46. The Labute approximate surface area is 149 Å². The summed E-state index contributed by atoms with van der Waals surface area (Å²) in [6.45, 7) is 0. The summed E-state index contributed by atoms with van der Waals surface area (Å²) in [6, 6.07) is 3.56. The lowest BCUT2D eigenvalue weighted by molar-refractivity contribution is -0.0402. The van der Waals surface area contributed by atoms with Crippen LogP contribution in [0.1, 0.15) is 48.9 Å². The number of ether oxygens (including phenoxy) is 2. The lowest BCUT2D eigenvalue weighted by Crippen LogP contribution is -2.23. The summed E-state index contributed by atoms with van der Waals surface area (Å²) >= 11 is 6.36. The summed E-state index contributed by atoms with van der Waals surface area (Å²) in [5.41, 5.74) is 0.766. The van der Waals surface area contributed by atoms with Gasteiger partial charge in [-0.25, -0.2) is 8.78 Å². The zero-order valence-corrected chi connectivity index (χ0v) is 14.8. The van der Waals surface area contributed by atoms with E-state index < -0.39 is 5.92 Å². The van der Waals surface area contributed by atoms with E-state index in [1.807, 2.05) is 0 Å². The number of hydrogen-bond acceptors (Lipinski definition) is 5. The van der Waals surface area contributed by atoms with Crippen LogP contribution >= 0.6 is 11.6 Å². The molecule has 0 spiro atoms. The highest BCUT2D eigenvalue weighted by atomic mass is 35.5. The molecule has 0 amide bonds. The first-order valence-electron chi connectivity index (χ1n) is 8.03. The molecule has 0 unspecified atom stereocenters. The average Bonchev–Trinajstić information content (AvgIpc) is 3.05. The molecule has 0 atom stereocenters. The van der Waals surface area contributed by atoms with Gasteiger partial charge in [0.25, 0.3) is 0 Å². The Morgan fingerprint density at radius 2 is 1.96 bits per heavy atom. The van der Waals surface area contributed by atoms with Crippen molar-refractivity contribution in [3.05, 3.63) is 34.4 Å². The van der Waals surface area contributed by atoms with E-state index in [0.717, 1.165) is 5.56 Å². The molecular formula is C17H19ClF2N2O3. The van der Waals surface area contributed by atoms with Crippen LogP contribution in [0.3, 0.4) is 0 Å². The molecule has 0 bridgehead atoms. The summed E-state index contributed by atoms with van der Waals surface area (Å²) in [4.78, 5) is 4.36. The molecule has 2 aromatic rings. The van der Waals surface area contributed by atoms with Crippen molar-refractivity contribution in [2.75, 3.05) is 14.2 Å². The largest absolute Gasteiger partial charge is 0.493 e. The van der Waals surface area contributed by atoms with E-state index in [2.05, 4.69) is 10.1 Å². The zero-order valence-electron chi connectivity index (χ0n) is 14.0. The van der Waals surface area contributed by atoms with Crippen LogP contribution < -0.4 is 9.47 Å². The molecule has 1 aliphatic carbocycles. The number of aromatic nitrogens is 2. The molecule has 0 aliphatic heterocycles. The smallest absolute Gasteiger partial charge is 0.248 e. The van der Waals surface area contributed by atoms with Gasteiger partial charge in [-0.05, 0) is 24.5 Å². The molecule has 25 heavy (non-hydrogen) atoms. The predicted octanol–water partition coefficient (Wildman–Crippen LogP) is 4.62. The van der Waals surface area contributed by atoms with Gasteiger partial charge in [0.15, 0.2) is 17.3 Å². The molecule has 0 N–H and O–H groups in total.